The molecule has 1 aromatic heterocycles. The van der Waals surface area contributed by atoms with Gasteiger partial charge in [0.15, 0.2) is 21.3 Å². The van der Waals surface area contributed by atoms with E-state index in [-0.39, 0.29) is 28.4 Å². The topological polar surface area (TPSA) is 115 Å². The minimum atomic E-state index is -3.26. The van der Waals surface area contributed by atoms with Crippen LogP contribution in [0.25, 0.3) is 11.3 Å². The summed E-state index contributed by atoms with van der Waals surface area (Å²) in [6.45, 7) is 0. The number of benzene rings is 1. The number of hydrogen-bond acceptors (Lipinski definition) is 6. The van der Waals surface area contributed by atoms with E-state index in [9.17, 15) is 13.2 Å². The van der Waals surface area contributed by atoms with Gasteiger partial charge < -0.3 is 11.1 Å². The summed E-state index contributed by atoms with van der Waals surface area (Å²) in [6, 6.07) is 6.43. The molecule has 0 spiro atoms. The molecule has 7 nitrogen and oxygen atoms in total. The summed E-state index contributed by atoms with van der Waals surface area (Å²) in [5, 5.41) is 2.94. The molecule has 0 bridgehead atoms. The van der Waals surface area contributed by atoms with Crippen LogP contribution in [0.5, 0.6) is 0 Å². The number of aromatic nitrogens is 2. The second-order valence-electron chi connectivity index (χ2n) is 6.24. The van der Waals surface area contributed by atoms with E-state index < -0.39 is 9.84 Å². The van der Waals surface area contributed by atoms with E-state index in [1.807, 2.05) is 0 Å². The summed E-state index contributed by atoms with van der Waals surface area (Å²) in [4.78, 5) is 21.0. The zero-order valence-electron chi connectivity index (χ0n) is 13.9. The molecule has 1 saturated carbocycles. The van der Waals surface area contributed by atoms with Gasteiger partial charge in [0.25, 0.3) is 5.91 Å². The minimum Gasteiger partial charge on any atom is -0.382 e. The van der Waals surface area contributed by atoms with Gasteiger partial charge in [-0.3, -0.25) is 4.79 Å². The van der Waals surface area contributed by atoms with E-state index in [1.165, 1.54) is 18.3 Å². The van der Waals surface area contributed by atoms with Crippen molar-refractivity contribution < 1.29 is 13.2 Å². The van der Waals surface area contributed by atoms with Gasteiger partial charge in [0.1, 0.15) is 0 Å². The van der Waals surface area contributed by atoms with Crippen LogP contribution in [0, 0.1) is 0 Å². The van der Waals surface area contributed by atoms with Crippen LogP contribution in [0.4, 0.5) is 5.82 Å². The monoisotopic (exact) mass is 360 g/mol. The molecule has 0 radical (unpaired) electrons. The maximum Gasteiger partial charge on any atom is 0.273 e. The normalized spacial score (nSPS) is 15.2. The summed E-state index contributed by atoms with van der Waals surface area (Å²) in [5.74, 6) is -0.251. The van der Waals surface area contributed by atoms with Gasteiger partial charge in [-0.15, -0.1) is 0 Å². The summed E-state index contributed by atoms with van der Waals surface area (Å²) >= 11 is 0. The van der Waals surface area contributed by atoms with Crippen LogP contribution in [0.2, 0.25) is 0 Å². The van der Waals surface area contributed by atoms with E-state index >= 15 is 0 Å². The third-order valence-electron chi connectivity index (χ3n) is 4.28. The molecule has 1 amide bonds. The fourth-order valence-corrected chi connectivity index (χ4v) is 3.53. The lowest BCUT2D eigenvalue weighted by molar-refractivity contribution is 0.0933. The lowest BCUT2D eigenvalue weighted by Gasteiger charge is -2.13. The van der Waals surface area contributed by atoms with Crippen molar-refractivity contribution in [2.75, 3.05) is 12.0 Å². The molecule has 1 fully saturated rings. The van der Waals surface area contributed by atoms with Crippen molar-refractivity contribution in [3.63, 3.8) is 0 Å². The third-order valence-corrected chi connectivity index (χ3v) is 5.41. The van der Waals surface area contributed by atoms with Gasteiger partial charge >= 0.3 is 0 Å². The number of sulfone groups is 1. The first-order chi connectivity index (χ1) is 11.8. The Balaban J connectivity index is 1.87. The Morgan fingerprint density at radius 2 is 1.84 bits per heavy atom. The highest BCUT2D eigenvalue weighted by atomic mass is 32.2. The molecule has 2 aromatic rings. The van der Waals surface area contributed by atoms with Gasteiger partial charge in [-0.05, 0) is 25.0 Å². The largest absolute Gasteiger partial charge is 0.382 e. The Morgan fingerprint density at radius 3 is 2.44 bits per heavy atom. The quantitative estimate of drug-likeness (QED) is 0.859. The lowest BCUT2D eigenvalue weighted by Crippen LogP contribution is -2.33. The molecule has 132 valence electrons. The minimum absolute atomic E-state index is 0.0759. The number of carbonyl (C=O) groups is 1. The van der Waals surface area contributed by atoms with Crippen LogP contribution in [0.1, 0.15) is 36.2 Å². The number of carbonyl (C=O) groups excluding carboxylic acids is 1. The molecule has 0 saturated heterocycles. The highest BCUT2D eigenvalue weighted by molar-refractivity contribution is 7.90. The first kappa shape index (κ1) is 17.3. The van der Waals surface area contributed by atoms with E-state index in [4.69, 9.17) is 5.73 Å². The lowest BCUT2D eigenvalue weighted by atomic mass is 10.1. The van der Waals surface area contributed by atoms with Crippen molar-refractivity contribution in [1.29, 1.82) is 0 Å². The number of nitrogens with one attached hydrogen (secondary N) is 1. The predicted octanol–water partition coefficient (Wildman–Crippen LogP) is 1.80. The van der Waals surface area contributed by atoms with Crippen molar-refractivity contribution in [3.05, 3.63) is 36.2 Å². The molecule has 1 aromatic carbocycles. The second kappa shape index (κ2) is 6.79. The van der Waals surface area contributed by atoms with Crippen molar-refractivity contribution in [2.45, 2.75) is 36.6 Å². The summed E-state index contributed by atoms with van der Waals surface area (Å²) < 4.78 is 23.1. The molecule has 0 aliphatic heterocycles. The Morgan fingerprint density at radius 1 is 1.20 bits per heavy atom. The molecule has 0 unspecified atom stereocenters. The molecular formula is C17H20N4O3S. The fourth-order valence-electron chi connectivity index (χ4n) is 2.90. The van der Waals surface area contributed by atoms with Crippen LogP contribution in [0.15, 0.2) is 35.4 Å². The molecule has 3 rings (SSSR count). The maximum absolute atomic E-state index is 12.4. The van der Waals surface area contributed by atoms with E-state index in [0.29, 0.717) is 11.3 Å². The smallest absolute Gasteiger partial charge is 0.273 e. The molecule has 1 heterocycles. The average molecular weight is 360 g/mol. The van der Waals surface area contributed by atoms with Crippen molar-refractivity contribution in [3.8, 4) is 11.3 Å². The number of hydrogen-bond donors (Lipinski definition) is 2. The Kier molecular flexibility index (Phi) is 4.71. The van der Waals surface area contributed by atoms with E-state index in [1.54, 1.807) is 12.1 Å². The van der Waals surface area contributed by atoms with Crippen molar-refractivity contribution >= 4 is 21.6 Å². The van der Waals surface area contributed by atoms with Gasteiger partial charge in [-0.1, -0.05) is 25.0 Å². The molecular weight excluding hydrogens is 340 g/mol. The Labute approximate surface area is 146 Å². The van der Waals surface area contributed by atoms with Gasteiger partial charge in [0.05, 0.1) is 16.8 Å². The first-order valence-electron chi connectivity index (χ1n) is 8.08. The number of nitrogen functional groups attached to an aromatic ring is 1. The number of nitrogens with two attached hydrogens (primary N) is 1. The van der Waals surface area contributed by atoms with Crippen LogP contribution in [-0.2, 0) is 9.84 Å². The Bertz CT molecular complexity index is 889. The molecule has 1 aliphatic carbocycles. The van der Waals surface area contributed by atoms with Crippen LogP contribution in [0.3, 0.4) is 0 Å². The Hall–Kier alpha value is -2.48. The van der Waals surface area contributed by atoms with Gasteiger partial charge in [0, 0.05) is 17.9 Å². The van der Waals surface area contributed by atoms with Gasteiger partial charge in [0.2, 0.25) is 0 Å². The third kappa shape index (κ3) is 3.96. The second-order valence-corrected chi connectivity index (χ2v) is 8.26. The van der Waals surface area contributed by atoms with Crippen LogP contribution in [-0.4, -0.2) is 36.6 Å². The molecule has 1 aliphatic rings. The first-order valence-corrected chi connectivity index (χ1v) is 9.97. The highest BCUT2D eigenvalue weighted by Crippen LogP contribution is 2.22. The predicted molar refractivity (Wildman–Crippen MR) is 94.7 cm³/mol. The van der Waals surface area contributed by atoms with Gasteiger partial charge in [-0.2, -0.15) is 0 Å². The zero-order valence-corrected chi connectivity index (χ0v) is 14.7. The fraction of sp³-hybridized carbons (Fsp3) is 0.353. The SMILES string of the molecule is CS(=O)(=O)c1ccc(-c2cnc(N)c(C(=O)NC3CCCC3)n2)cc1. The molecule has 8 heteroatoms. The average Bonchev–Trinajstić information content (AvgIpc) is 3.07. The molecule has 25 heavy (non-hydrogen) atoms. The van der Waals surface area contributed by atoms with Gasteiger partial charge in [-0.25, -0.2) is 18.4 Å². The molecule has 3 N–H and O–H groups in total. The summed E-state index contributed by atoms with van der Waals surface area (Å²) in [7, 11) is -3.26. The number of anilines is 1. The molecule has 0 atom stereocenters. The summed E-state index contributed by atoms with van der Waals surface area (Å²) in [6.07, 6.45) is 6.77. The zero-order chi connectivity index (χ0) is 18.0. The van der Waals surface area contributed by atoms with Crippen molar-refractivity contribution in [2.24, 2.45) is 0 Å². The standard InChI is InChI=1S/C17H20N4O3S/c1-25(23,24)13-8-6-11(7-9-13)14-10-19-16(18)15(21-14)17(22)20-12-4-2-3-5-12/h6-10,12H,2-5H2,1H3,(H2,18,19)(H,20,22). The van der Waals surface area contributed by atoms with Crippen LogP contribution >= 0.6 is 0 Å². The number of rotatable bonds is 4. The summed E-state index contributed by atoms with van der Waals surface area (Å²) in [5.41, 5.74) is 7.03. The number of amides is 1. The van der Waals surface area contributed by atoms with E-state index in [0.717, 1.165) is 31.9 Å². The van der Waals surface area contributed by atoms with E-state index in [2.05, 4.69) is 15.3 Å². The number of nitrogens with zero attached hydrogens (tertiary/aromatic N) is 2. The maximum atomic E-state index is 12.4. The van der Waals surface area contributed by atoms with Crippen molar-refractivity contribution in [1.82, 2.24) is 15.3 Å². The van der Waals surface area contributed by atoms with Crippen LogP contribution < -0.4 is 11.1 Å². The highest BCUT2D eigenvalue weighted by Gasteiger charge is 2.21.